The van der Waals surface area contributed by atoms with E-state index in [2.05, 4.69) is 6.58 Å². The highest BCUT2D eigenvalue weighted by Crippen LogP contribution is 2.29. The molecule has 19 heteroatoms. The van der Waals surface area contributed by atoms with Gasteiger partial charge >= 0.3 is 5.97 Å². The third kappa shape index (κ3) is 33.8. The minimum Gasteiger partial charge on any atom is -0.458 e. The van der Waals surface area contributed by atoms with Gasteiger partial charge in [-0.2, -0.15) is 0 Å². The van der Waals surface area contributed by atoms with Crippen molar-refractivity contribution < 1.29 is 90.2 Å². The lowest BCUT2D eigenvalue weighted by molar-refractivity contribution is -0.306. The summed E-state index contributed by atoms with van der Waals surface area (Å²) < 4.78 is 17.7. The van der Waals surface area contributed by atoms with E-state index in [0.29, 0.717) is 57.9 Å². The van der Waals surface area contributed by atoms with E-state index in [1.165, 1.54) is 19.1 Å². The summed E-state index contributed by atoms with van der Waals surface area (Å²) >= 11 is 0. The average Bonchev–Trinajstić information content (AvgIpc) is 2.13. The van der Waals surface area contributed by atoms with E-state index in [1.54, 1.807) is 68.5 Å². The van der Waals surface area contributed by atoms with Gasteiger partial charge in [-0.3, -0.25) is 9.59 Å². The van der Waals surface area contributed by atoms with Gasteiger partial charge in [-0.25, -0.2) is 0 Å². The van der Waals surface area contributed by atoms with Crippen LogP contribution >= 0.6 is 0 Å². The molecule has 0 aromatic rings. The van der Waals surface area contributed by atoms with Crippen molar-refractivity contribution in [3.8, 4) is 0 Å². The number of Topliss-reactive ketones (excluding diaryl/α,β-unsaturated/α-hetero) is 1. The summed E-state index contributed by atoms with van der Waals surface area (Å²) in [6.07, 6.45) is 18.6. The fraction of sp³-hybridized carbons (Fsp3) is 0.642. The van der Waals surface area contributed by atoms with Crippen molar-refractivity contribution in [3.05, 3.63) is 134 Å². The van der Waals surface area contributed by atoms with Gasteiger partial charge in [0.1, 0.15) is 30.2 Å². The highest BCUT2D eigenvalue weighted by Gasteiger charge is 2.44. The summed E-state index contributed by atoms with van der Waals surface area (Å²) in [4.78, 5) is 26.8. The van der Waals surface area contributed by atoms with E-state index in [1.807, 2.05) is 61.6 Å². The van der Waals surface area contributed by atoms with Gasteiger partial charge in [-0.05, 0) is 109 Å². The summed E-state index contributed by atoms with van der Waals surface area (Å²) in [6, 6.07) is 0. The number of nitrogens with two attached hydrogens (primary N) is 1. The number of carbonyl (C=O) groups is 2. The van der Waals surface area contributed by atoms with Gasteiger partial charge in [0.2, 0.25) is 0 Å². The zero-order chi connectivity index (χ0) is 64.0. The van der Waals surface area contributed by atoms with E-state index in [4.69, 9.17) is 19.9 Å². The van der Waals surface area contributed by atoms with Crippen LogP contribution in [0.1, 0.15) is 143 Å². The van der Waals surface area contributed by atoms with Crippen LogP contribution in [0.5, 0.6) is 0 Å². The molecule has 1 fully saturated rings. The Morgan fingerprint density at radius 2 is 1.31 bits per heavy atom. The Balaban J connectivity index is 2.33. The monoisotopic (exact) mass is 1210 g/mol. The van der Waals surface area contributed by atoms with Gasteiger partial charge in [-0.15, -0.1) is 6.58 Å². The summed E-state index contributed by atoms with van der Waals surface area (Å²) in [5, 5.41) is 140. The third-order valence-electron chi connectivity index (χ3n) is 15.3. The minimum absolute atomic E-state index is 0.000868. The lowest BCUT2D eigenvalue weighted by atomic mass is 9.88. The van der Waals surface area contributed by atoms with Crippen molar-refractivity contribution in [1.82, 2.24) is 0 Å². The summed E-state index contributed by atoms with van der Waals surface area (Å²) in [7, 11) is 0. The molecule has 0 bridgehead atoms. The highest BCUT2D eigenvalue weighted by molar-refractivity contribution is 5.81. The van der Waals surface area contributed by atoms with Crippen molar-refractivity contribution >= 4 is 11.8 Å². The Morgan fingerprint density at radius 3 is 2.01 bits per heavy atom. The average molecular weight is 1210 g/mol. The maximum atomic E-state index is 13.9. The molecule has 86 heavy (non-hydrogen) atoms. The molecule has 2 heterocycles. The normalized spacial score (nSPS) is 37.6. The van der Waals surface area contributed by atoms with Gasteiger partial charge in [0, 0.05) is 43.4 Å². The number of rotatable bonds is 14. The van der Waals surface area contributed by atoms with Gasteiger partial charge in [-0.1, -0.05) is 142 Å². The predicted molar refractivity (Wildman–Crippen MR) is 332 cm³/mol. The van der Waals surface area contributed by atoms with Crippen LogP contribution in [-0.4, -0.2) is 189 Å². The summed E-state index contributed by atoms with van der Waals surface area (Å²) in [5.41, 5.74) is 6.50. The Morgan fingerprint density at radius 1 is 0.674 bits per heavy atom. The van der Waals surface area contributed by atoms with Crippen molar-refractivity contribution in [3.63, 3.8) is 0 Å². The van der Waals surface area contributed by atoms with Crippen molar-refractivity contribution in [1.29, 1.82) is 0 Å². The molecule has 11 unspecified atom stereocenters. The number of aliphatic hydroxyl groups is 13. The molecule has 0 aliphatic carbocycles. The number of cyclic esters (lactones) is 1. The highest BCUT2D eigenvalue weighted by atomic mass is 16.7. The molecule has 488 valence electrons. The first-order valence-corrected chi connectivity index (χ1v) is 30.8. The summed E-state index contributed by atoms with van der Waals surface area (Å²) in [5.74, 6) is -2.68. The van der Waals surface area contributed by atoms with Crippen LogP contribution in [0.15, 0.2) is 134 Å². The second-order valence-electron chi connectivity index (χ2n) is 23.1. The number of ketones is 1. The SMILES string of the molecule is C=CCC/C1=C/CC(OC2OC(C)C(O)C(O)C2O)C(C)C(=O)CC(O)CC(O)CC(O)/C=C/C[C@@H](O)C[C@H](O)C[C@@H](O)CC(/C=C/C[C@@H](O)/C=C/C[C@H](O)CCCN)OC(=O)CC/C=C/C=C/C=C/C=C/C=C/[C@H](C)[C@H](O)[C@@H](C)[C@H](O)/C=C/CC1. The Kier molecular flexibility index (Phi) is 40.7. The molecular weight excluding hydrogens is 1110 g/mol. The van der Waals surface area contributed by atoms with Gasteiger partial charge in [0.15, 0.2) is 6.29 Å². The third-order valence-corrected chi connectivity index (χ3v) is 15.3. The molecule has 2 rings (SSSR count). The van der Waals surface area contributed by atoms with Crippen molar-refractivity contribution in [2.45, 2.75) is 247 Å². The number of carbonyl (C=O) groups excluding carboxylic acids is 2. The second-order valence-corrected chi connectivity index (χ2v) is 23.1. The molecule has 1 saturated heterocycles. The first kappa shape index (κ1) is 77.7. The molecule has 0 aromatic heterocycles. The van der Waals surface area contributed by atoms with E-state index in [9.17, 15) is 76.0 Å². The number of esters is 1. The molecular formula is C67H107NO18. The smallest absolute Gasteiger partial charge is 0.306 e. The topological polar surface area (TPSA) is 351 Å². The van der Waals surface area contributed by atoms with Crippen LogP contribution in [0.25, 0.3) is 0 Å². The number of allylic oxidation sites excluding steroid dienone is 12. The molecule has 20 atom stereocenters. The Labute approximate surface area is 511 Å². The quantitative estimate of drug-likeness (QED) is 0.0774. The molecule has 0 amide bonds. The fourth-order valence-electron chi connectivity index (χ4n) is 9.81. The second kappa shape index (κ2) is 45.0. The molecule has 2 aliphatic rings. The molecule has 0 spiro atoms. The van der Waals surface area contributed by atoms with Crippen LogP contribution in [0.3, 0.4) is 0 Å². The number of aliphatic hydroxyl groups excluding tert-OH is 13. The molecule has 15 N–H and O–H groups in total. The standard InChI is InChI=1S/C67H107NO18/c1-6-7-25-49-26-18-19-34-59(77)47(4)63(80)45(2)24-16-14-12-10-8-9-11-13-15-17-35-62(79)85-58(33-22-29-50(69)27-20-28-51(70)32-23-38-68)43-56(75)41-54(73)39-52(71)30-21-31-53(72)40-55(74)42-57(76)44-60(78)46(3)61(37-36-49)86-67-66(83)65(82)64(81)48(5)84-67/h6,8-16,19-22,24,27,31,33-34,36,45-48,50-59,61,63-67,69-77,80-83H,1,7,17-18,23,25-26,28-30,32,35,37-44,68H2,2-5H3/b10-8+,11-9+,14-12+,15-13+,24-16+,27-20+,31-21+,33-22+,34-19+,49-36-/t45-,46?,47-,48?,50-,51-,52+,53?,54-,55?,56+,57?,58?,59+,61?,63-,64?,65?,66?,67?/m0/s1. The van der Waals surface area contributed by atoms with E-state index in [0.717, 1.165) is 5.57 Å². The predicted octanol–water partition coefficient (Wildman–Crippen LogP) is 5.31. The Hall–Kier alpha value is -4.36. The van der Waals surface area contributed by atoms with E-state index in [-0.39, 0.29) is 63.7 Å². The largest absolute Gasteiger partial charge is 0.458 e. The van der Waals surface area contributed by atoms with Crippen LogP contribution in [0.2, 0.25) is 0 Å². The fourth-order valence-corrected chi connectivity index (χ4v) is 9.81. The molecule has 0 aromatic carbocycles. The van der Waals surface area contributed by atoms with Crippen LogP contribution in [-0.2, 0) is 23.8 Å². The Bertz CT molecular complexity index is 2190. The van der Waals surface area contributed by atoms with Crippen LogP contribution < -0.4 is 5.73 Å². The number of hydrogen-bond donors (Lipinski definition) is 14. The molecule has 0 radical (unpaired) electrons. The molecule has 0 saturated carbocycles. The maximum Gasteiger partial charge on any atom is 0.306 e. The van der Waals surface area contributed by atoms with Gasteiger partial charge < -0.3 is 86.3 Å². The molecule has 2 aliphatic heterocycles. The van der Waals surface area contributed by atoms with E-state index >= 15 is 0 Å². The minimum atomic E-state index is -1.65. The first-order valence-electron chi connectivity index (χ1n) is 30.8. The molecule has 19 nitrogen and oxygen atoms in total. The van der Waals surface area contributed by atoms with Crippen molar-refractivity contribution in [2.75, 3.05) is 6.54 Å². The number of ether oxygens (including phenoxy) is 3. The van der Waals surface area contributed by atoms with Gasteiger partial charge in [0.05, 0.1) is 73.2 Å². The van der Waals surface area contributed by atoms with Crippen LogP contribution in [0.4, 0.5) is 0 Å². The lowest BCUT2D eigenvalue weighted by Gasteiger charge is -2.41. The first-order chi connectivity index (χ1) is 40.9. The van der Waals surface area contributed by atoms with E-state index < -0.39 is 134 Å². The zero-order valence-corrected chi connectivity index (χ0v) is 51.2. The van der Waals surface area contributed by atoms with Crippen molar-refractivity contribution in [2.24, 2.45) is 23.5 Å². The lowest BCUT2D eigenvalue weighted by Crippen LogP contribution is -2.58. The zero-order valence-electron chi connectivity index (χ0n) is 51.2. The maximum absolute atomic E-state index is 13.9. The van der Waals surface area contributed by atoms with Gasteiger partial charge in [0.25, 0.3) is 0 Å². The number of hydrogen-bond acceptors (Lipinski definition) is 19. The van der Waals surface area contributed by atoms with Crippen LogP contribution in [0, 0.1) is 17.8 Å². The summed E-state index contributed by atoms with van der Waals surface area (Å²) in [6.45, 7) is 11.1.